The number of carbonyl (C=O) groups excluding carboxylic acids is 2. The minimum absolute atomic E-state index is 0.134. The predicted octanol–water partition coefficient (Wildman–Crippen LogP) is 3.96. The molecule has 110 valence electrons. The van der Waals surface area contributed by atoms with Crippen LogP contribution >= 0.6 is 11.8 Å². The van der Waals surface area contributed by atoms with E-state index >= 15 is 0 Å². The van der Waals surface area contributed by atoms with Crippen molar-refractivity contribution in [3.05, 3.63) is 29.8 Å². The fourth-order valence-corrected chi connectivity index (χ4v) is 2.23. The number of rotatable bonds is 8. The maximum Gasteiger partial charge on any atom is 0.316 e. The number of hydrogen-bond donors (Lipinski definition) is 0. The molecule has 0 aliphatic heterocycles. The normalized spacial score (nSPS) is 10.6. The van der Waals surface area contributed by atoms with Crippen molar-refractivity contribution in [3.63, 3.8) is 0 Å². The van der Waals surface area contributed by atoms with Crippen molar-refractivity contribution in [1.82, 2.24) is 0 Å². The van der Waals surface area contributed by atoms with E-state index in [-0.39, 0.29) is 11.8 Å². The number of Topliss-reactive ketones (excluding diaryl/α,β-unsaturated/α-hetero) is 1. The molecule has 1 aromatic carbocycles. The molecule has 0 atom stereocenters. The van der Waals surface area contributed by atoms with Crippen LogP contribution in [0.25, 0.3) is 0 Å². The van der Waals surface area contributed by atoms with Gasteiger partial charge in [0.05, 0.1) is 12.4 Å². The monoisotopic (exact) mass is 294 g/mol. The van der Waals surface area contributed by atoms with Crippen LogP contribution in [0.5, 0.6) is 0 Å². The van der Waals surface area contributed by atoms with Gasteiger partial charge in [-0.25, -0.2) is 0 Å². The van der Waals surface area contributed by atoms with Crippen molar-refractivity contribution < 1.29 is 14.3 Å². The summed E-state index contributed by atoms with van der Waals surface area (Å²) in [5.74, 6) is 0.789. The maximum absolute atomic E-state index is 11.5. The second-order valence-corrected chi connectivity index (χ2v) is 6.04. The molecule has 0 saturated carbocycles. The van der Waals surface area contributed by atoms with Crippen LogP contribution in [0.3, 0.4) is 0 Å². The number of carbonyl (C=O) groups is 2. The van der Waals surface area contributed by atoms with Gasteiger partial charge in [0.15, 0.2) is 5.78 Å². The average molecular weight is 294 g/mol. The van der Waals surface area contributed by atoms with Gasteiger partial charge in [0.2, 0.25) is 0 Å². The zero-order valence-electron chi connectivity index (χ0n) is 12.3. The summed E-state index contributed by atoms with van der Waals surface area (Å²) in [6, 6.07) is 7.35. The molecule has 1 aromatic rings. The summed E-state index contributed by atoms with van der Waals surface area (Å²) in [4.78, 5) is 24.0. The van der Waals surface area contributed by atoms with Gasteiger partial charge < -0.3 is 4.74 Å². The fourth-order valence-electron chi connectivity index (χ4n) is 1.53. The summed E-state index contributed by atoms with van der Waals surface area (Å²) in [6.45, 7) is 6.53. The zero-order valence-corrected chi connectivity index (χ0v) is 13.2. The Bertz CT molecular complexity index is 438. The first kappa shape index (κ1) is 16.8. The summed E-state index contributed by atoms with van der Waals surface area (Å²) < 4.78 is 5.14. The van der Waals surface area contributed by atoms with E-state index in [0.29, 0.717) is 24.7 Å². The Morgan fingerprint density at radius 1 is 1.20 bits per heavy atom. The lowest BCUT2D eigenvalue weighted by Gasteiger charge is -2.07. The zero-order chi connectivity index (χ0) is 15.0. The number of benzene rings is 1. The molecule has 4 heteroatoms. The fraction of sp³-hybridized carbons (Fsp3) is 0.500. The van der Waals surface area contributed by atoms with Gasteiger partial charge in [0, 0.05) is 16.9 Å². The molecule has 1 rings (SSSR count). The van der Waals surface area contributed by atoms with Crippen LogP contribution in [0.1, 0.15) is 44.0 Å². The Labute approximate surface area is 125 Å². The van der Waals surface area contributed by atoms with E-state index in [0.717, 1.165) is 16.9 Å². The summed E-state index contributed by atoms with van der Waals surface area (Å²) in [6.07, 6.45) is 1.40. The van der Waals surface area contributed by atoms with Crippen LogP contribution in [0.4, 0.5) is 0 Å². The van der Waals surface area contributed by atoms with Crippen LogP contribution in [0.2, 0.25) is 0 Å². The van der Waals surface area contributed by atoms with Crippen LogP contribution in [-0.4, -0.2) is 24.1 Å². The van der Waals surface area contributed by atoms with Crippen LogP contribution < -0.4 is 0 Å². The van der Waals surface area contributed by atoms with E-state index in [4.69, 9.17) is 4.74 Å². The quantitative estimate of drug-likeness (QED) is 0.413. The Kier molecular flexibility index (Phi) is 7.37. The van der Waals surface area contributed by atoms with Crippen molar-refractivity contribution >= 4 is 23.5 Å². The van der Waals surface area contributed by atoms with E-state index < -0.39 is 0 Å². The van der Waals surface area contributed by atoms with E-state index in [2.05, 4.69) is 13.8 Å². The maximum atomic E-state index is 11.5. The third-order valence-corrected chi connectivity index (χ3v) is 3.80. The van der Waals surface area contributed by atoms with Crippen LogP contribution in [0.15, 0.2) is 29.2 Å². The number of ketones is 1. The van der Waals surface area contributed by atoms with Gasteiger partial charge in [-0.3, -0.25) is 9.59 Å². The van der Waals surface area contributed by atoms with Crippen molar-refractivity contribution in [1.29, 1.82) is 0 Å². The number of ether oxygens (including phenoxy) is 1. The molecule has 0 spiro atoms. The third kappa shape index (κ3) is 6.24. The molecular weight excluding hydrogens is 272 g/mol. The SMILES string of the molecule is CCC(=O)c1ccc(SCC(=O)OCCC(C)C)cc1. The molecule has 3 nitrogen and oxygen atoms in total. The lowest BCUT2D eigenvalue weighted by atomic mass is 10.1. The van der Waals surface area contributed by atoms with Crippen LogP contribution in [-0.2, 0) is 9.53 Å². The molecule has 0 radical (unpaired) electrons. The average Bonchev–Trinajstić information content (AvgIpc) is 2.44. The Morgan fingerprint density at radius 3 is 2.40 bits per heavy atom. The van der Waals surface area contributed by atoms with Crippen molar-refractivity contribution in [2.24, 2.45) is 5.92 Å². The highest BCUT2D eigenvalue weighted by Crippen LogP contribution is 2.19. The highest BCUT2D eigenvalue weighted by atomic mass is 32.2. The van der Waals surface area contributed by atoms with Gasteiger partial charge >= 0.3 is 5.97 Å². The highest BCUT2D eigenvalue weighted by molar-refractivity contribution is 8.00. The molecule has 0 aromatic heterocycles. The van der Waals surface area contributed by atoms with E-state index in [1.807, 2.05) is 19.1 Å². The topological polar surface area (TPSA) is 43.4 Å². The smallest absolute Gasteiger partial charge is 0.316 e. The van der Waals surface area contributed by atoms with Crippen molar-refractivity contribution in [2.75, 3.05) is 12.4 Å². The lowest BCUT2D eigenvalue weighted by molar-refractivity contribution is -0.140. The molecule has 0 aliphatic carbocycles. The molecule has 0 N–H and O–H groups in total. The molecule has 20 heavy (non-hydrogen) atoms. The molecule has 0 fully saturated rings. The molecule has 0 aliphatic rings. The summed E-state index contributed by atoms with van der Waals surface area (Å²) in [5.41, 5.74) is 0.719. The van der Waals surface area contributed by atoms with Gasteiger partial charge in [-0.05, 0) is 24.5 Å². The number of thioether (sulfide) groups is 1. The predicted molar refractivity (Wildman–Crippen MR) is 82.2 cm³/mol. The van der Waals surface area contributed by atoms with Gasteiger partial charge in [0.1, 0.15) is 0 Å². The Morgan fingerprint density at radius 2 is 1.85 bits per heavy atom. The van der Waals surface area contributed by atoms with Crippen molar-refractivity contribution in [2.45, 2.75) is 38.5 Å². The molecule has 0 heterocycles. The summed E-state index contributed by atoms with van der Waals surface area (Å²) >= 11 is 1.43. The minimum atomic E-state index is -0.190. The standard InChI is InChI=1S/C16H22O3S/c1-4-15(17)13-5-7-14(8-6-13)20-11-16(18)19-10-9-12(2)3/h5-8,12H,4,9-11H2,1-3H3. The molecule has 0 unspecified atom stereocenters. The molecule has 0 saturated heterocycles. The van der Waals surface area contributed by atoms with E-state index in [1.165, 1.54) is 11.8 Å². The van der Waals surface area contributed by atoms with Crippen LogP contribution in [0, 0.1) is 5.92 Å². The first-order valence-corrected chi connectivity index (χ1v) is 7.93. The Balaban J connectivity index is 2.34. The number of esters is 1. The van der Waals surface area contributed by atoms with Gasteiger partial charge in [-0.1, -0.05) is 32.9 Å². The summed E-state index contributed by atoms with van der Waals surface area (Å²) in [7, 11) is 0. The van der Waals surface area contributed by atoms with Gasteiger partial charge in [0.25, 0.3) is 0 Å². The van der Waals surface area contributed by atoms with Gasteiger partial charge in [-0.15, -0.1) is 11.8 Å². The number of hydrogen-bond acceptors (Lipinski definition) is 4. The summed E-state index contributed by atoms with van der Waals surface area (Å²) in [5, 5.41) is 0. The van der Waals surface area contributed by atoms with E-state index in [9.17, 15) is 9.59 Å². The third-order valence-electron chi connectivity index (χ3n) is 2.81. The molecule has 0 bridgehead atoms. The second kappa shape index (κ2) is 8.80. The minimum Gasteiger partial charge on any atom is -0.465 e. The highest BCUT2D eigenvalue weighted by Gasteiger charge is 2.06. The molecule has 0 amide bonds. The van der Waals surface area contributed by atoms with Crippen molar-refractivity contribution in [3.8, 4) is 0 Å². The largest absolute Gasteiger partial charge is 0.465 e. The Hall–Kier alpha value is -1.29. The van der Waals surface area contributed by atoms with Gasteiger partial charge in [-0.2, -0.15) is 0 Å². The second-order valence-electron chi connectivity index (χ2n) is 4.99. The van der Waals surface area contributed by atoms with E-state index in [1.54, 1.807) is 12.1 Å². The molecular formula is C16H22O3S. The first-order chi connectivity index (χ1) is 9.52. The first-order valence-electron chi connectivity index (χ1n) is 6.94. The lowest BCUT2D eigenvalue weighted by Crippen LogP contribution is -2.09.